The van der Waals surface area contributed by atoms with Crippen molar-refractivity contribution in [1.82, 2.24) is 4.68 Å². The van der Waals surface area contributed by atoms with E-state index in [1.54, 1.807) is 32.2 Å². The summed E-state index contributed by atoms with van der Waals surface area (Å²) < 4.78 is 20.2. The molecular formula is C27H35BrN4O4. The van der Waals surface area contributed by atoms with Gasteiger partial charge in [0.2, 0.25) is 5.75 Å². The first-order valence-corrected chi connectivity index (χ1v) is 11.3. The Balaban J connectivity index is 0.00000456. The van der Waals surface area contributed by atoms with Crippen molar-refractivity contribution in [2.75, 3.05) is 40.3 Å². The summed E-state index contributed by atoms with van der Waals surface area (Å²) in [6.07, 6.45) is 5.48. The number of Topliss-reactive ketones (excluding diaryl/α,β-unsaturated/α-hetero) is 1. The average molecular weight is 560 g/mol. The van der Waals surface area contributed by atoms with Gasteiger partial charge in [-0.1, -0.05) is 38.0 Å². The predicted molar refractivity (Wildman–Crippen MR) is 138 cm³/mol. The fourth-order valence-corrected chi connectivity index (χ4v) is 3.52. The van der Waals surface area contributed by atoms with Gasteiger partial charge < -0.3 is 36.1 Å². The summed E-state index contributed by atoms with van der Waals surface area (Å²) in [5, 5.41) is 4.70. The highest BCUT2D eigenvalue weighted by Gasteiger charge is 2.29. The van der Waals surface area contributed by atoms with Crippen molar-refractivity contribution in [3.05, 3.63) is 54.4 Å². The van der Waals surface area contributed by atoms with Gasteiger partial charge in [0, 0.05) is 25.2 Å². The molecule has 36 heavy (non-hydrogen) atoms. The van der Waals surface area contributed by atoms with E-state index in [2.05, 4.69) is 0 Å². The van der Waals surface area contributed by atoms with Crippen LogP contribution in [0.15, 0.2) is 53.9 Å². The van der Waals surface area contributed by atoms with Gasteiger partial charge in [-0.2, -0.15) is 0 Å². The van der Waals surface area contributed by atoms with Crippen molar-refractivity contribution in [2.45, 2.75) is 27.3 Å². The van der Waals surface area contributed by atoms with E-state index < -0.39 is 5.41 Å². The Morgan fingerprint density at radius 1 is 1.03 bits per heavy atom. The van der Waals surface area contributed by atoms with Crippen LogP contribution in [0.5, 0.6) is 17.2 Å². The fraction of sp³-hybridized carbons (Fsp3) is 0.370. The van der Waals surface area contributed by atoms with Crippen LogP contribution in [0.4, 0.5) is 5.69 Å². The lowest BCUT2D eigenvalue weighted by molar-refractivity contribution is -0.673. The van der Waals surface area contributed by atoms with E-state index in [1.165, 1.54) is 0 Å². The van der Waals surface area contributed by atoms with Crippen molar-refractivity contribution in [1.29, 1.82) is 0 Å². The highest BCUT2D eigenvalue weighted by Crippen LogP contribution is 2.40. The predicted octanol–water partition coefficient (Wildman–Crippen LogP) is 1.04. The number of aromatic nitrogens is 2. The maximum Gasteiger partial charge on any atom is 0.315 e. The second-order valence-corrected chi connectivity index (χ2v) is 9.41. The summed E-state index contributed by atoms with van der Waals surface area (Å²) in [5.41, 5.74) is 2.36. The van der Waals surface area contributed by atoms with Gasteiger partial charge in [0.1, 0.15) is 12.7 Å². The van der Waals surface area contributed by atoms with Crippen molar-refractivity contribution in [2.24, 2.45) is 10.5 Å². The molecule has 0 saturated heterocycles. The number of ether oxygens (including phenoxy) is 3. The molecule has 0 aliphatic carbocycles. The summed E-state index contributed by atoms with van der Waals surface area (Å²) in [5.74, 6) is 2.36. The number of anilines is 1. The zero-order valence-electron chi connectivity index (χ0n) is 22.2. The molecule has 0 saturated carbocycles. The molecular weight excluding hydrogens is 524 g/mol. The van der Waals surface area contributed by atoms with E-state index in [1.807, 2.05) is 93.1 Å². The SMILES string of the molecule is COc1cc(-c2n(N=Cc3ccc(N(C)C)cc3)cc[n+]2CC(=O)C(C)(C)C)cc(OC)c1OC.[Br-]. The summed E-state index contributed by atoms with van der Waals surface area (Å²) in [6.45, 7) is 5.96. The smallest absolute Gasteiger partial charge is 0.315 e. The Morgan fingerprint density at radius 2 is 1.61 bits per heavy atom. The zero-order valence-corrected chi connectivity index (χ0v) is 23.8. The van der Waals surface area contributed by atoms with Crippen LogP contribution in [0, 0.1) is 5.41 Å². The molecule has 0 N–H and O–H groups in total. The molecule has 0 bridgehead atoms. The van der Waals surface area contributed by atoms with E-state index in [0.29, 0.717) is 23.1 Å². The molecule has 2 aromatic carbocycles. The highest BCUT2D eigenvalue weighted by atomic mass is 79.9. The number of carbonyl (C=O) groups is 1. The average Bonchev–Trinajstić information content (AvgIpc) is 3.23. The maximum absolute atomic E-state index is 12.9. The maximum atomic E-state index is 12.9. The molecule has 0 aliphatic rings. The van der Waals surface area contributed by atoms with Crippen LogP contribution in [-0.4, -0.2) is 52.1 Å². The van der Waals surface area contributed by atoms with Gasteiger partial charge in [-0.05, 0) is 29.8 Å². The number of hydrogen-bond acceptors (Lipinski definition) is 6. The minimum Gasteiger partial charge on any atom is -1.00 e. The second-order valence-electron chi connectivity index (χ2n) is 9.41. The Morgan fingerprint density at radius 3 is 2.08 bits per heavy atom. The van der Waals surface area contributed by atoms with E-state index >= 15 is 0 Å². The minimum absolute atomic E-state index is 0. The quantitative estimate of drug-likeness (QED) is 0.290. The van der Waals surface area contributed by atoms with Gasteiger partial charge in [0.15, 0.2) is 23.5 Å². The highest BCUT2D eigenvalue weighted by molar-refractivity contribution is 5.82. The Bertz CT molecular complexity index is 1190. The summed E-state index contributed by atoms with van der Waals surface area (Å²) >= 11 is 0. The number of ketones is 1. The first-order chi connectivity index (χ1) is 16.6. The van der Waals surface area contributed by atoms with E-state index in [0.717, 1.165) is 16.8 Å². The molecule has 0 fully saturated rings. The third-order valence-electron chi connectivity index (χ3n) is 5.69. The van der Waals surface area contributed by atoms with Crippen LogP contribution < -0.4 is 40.7 Å². The third kappa shape index (κ3) is 6.46. The minimum atomic E-state index is -0.473. The number of halogens is 1. The molecule has 194 valence electrons. The van der Waals surface area contributed by atoms with Gasteiger partial charge in [0.05, 0.1) is 33.1 Å². The largest absolute Gasteiger partial charge is 1.00 e. The number of nitrogens with zero attached hydrogens (tertiary/aromatic N) is 4. The second kappa shape index (κ2) is 12.1. The summed E-state index contributed by atoms with van der Waals surface area (Å²) in [7, 11) is 8.73. The topological polar surface area (TPSA) is 69.2 Å². The van der Waals surface area contributed by atoms with Crippen LogP contribution in [0.3, 0.4) is 0 Å². The number of methoxy groups -OCH3 is 3. The first kappa shape index (κ1) is 28.9. The first-order valence-electron chi connectivity index (χ1n) is 11.3. The summed E-state index contributed by atoms with van der Waals surface area (Å²) in [6, 6.07) is 11.8. The lowest BCUT2D eigenvalue weighted by Crippen LogP contribution is -3.00. The van der Waals surface area contributed by atoms with Crippen molar-refractivity contribution in [3.8, 4) is 28.6 Å². The van der Waals surface area contributed by atoms with Gasteiger partial charge >= 0.3 is 5.82 Å². The molecule has 0 atom stereocenters. The molecule has 3 rings (SSSR count). The van der Waals surface area contributed by atoms with Gasteiger partial charge in [-0.3, -0.25) is 4.79 Å². The molecule has 9 heteroatoms. The number of benzene rings is 2. The van der Waals surface area contributed by atoms with E-state index in [4.69, 9.17) is 19.3 Å². The Hall–Kier alpha value is -3.33. The summed E-state index contributed by atoms with van der Waals surface area (Å²) in [4.78, 5) is 14.9. The van der Waals surface area contributed by atoms with Crippen molar-refractivity contribution >= 4 is 17.7 Å². The fourth-order valence-electron chi connectivity index (χ4n) is 3.52. The van der Waals surface area contributed by atoms with E-state index in [-0.39, 0.29) is 29.3 Å². The molecule has 0 unspecified atom stereocenters. The molecule has 0 aliphatic heterocycles. The van der Waals surface area contributed by atoms with Crippen molar-refractivity contribution < 1.29 is 40.6 Å². The molecule has 1 aromatic heterocycles. The van der Waals surface area contributed by atoms with E-state index in [9.17, 15) is 4.79 Å². The van der Waals surface area contributed by atoms with Crippen LogP contribution in [-0.2, 0) is 11.3 Å². The number of imidazole rings is 1. The molecule has 3 aromatic rings. The molecule has 0 amide bonds. The normalized spacial score (nSPS) is 11.2. The molecule has 0 radical (unpaired) electrons. The van der Waals surface area contributed by atoms with Gasteiger partial charge in [0.25, 0.3) is 0 Å². The van der Waals surface area contributed by atoms with Gasteiger partial charge in [-0.25, -0.2) is 4.57 Å². The number of hydrogen-bond donors (Lipinski definition) is 0. The Kier molecular flexibility index (Phi) is 9.69. The number of rotatable bonds is 9. The lowest BCUT2D eigenvalue weighted by Gasteiger charge is -2.16. The van der Waals surface area contributed by atoms with Crippen LogP contribution >= 0.6 is 0 Å². The third-order valence-corrected chi connectivity index (χ3v) is 5.69. The van der Waals surface area contributed by atoms with Crippen LogP contribution in [0.2, 0.25) is 0 Å². The van der Waals surface area contributed by atoms with Crippen LogP contribution in [0.1, 0.15) is 26.3 Å². The standard InChI is InChI=1S/C27H35N4O4.BrH/c1-27(2,3)24(32)18-30-13-14-31(28-17-19-9-11-21(12-10-19)29(4)5)26(30)20-15-22(33-6)25(35-8)23(16-20)34-7;/h9-17H,18H2,1-8H3;1H/q+1;/p-1. The zero-order chi connectivity index (χ0) is 25.8. The van der Waals surface area contributed by atoms with Crippen molar-refractivity contribution in [3.63, 3.8) is 0 Å². The Labute approximate surface area is 223 Å². The lowest BCUT2D eigenvalue weighted by atomic mass is 9.91. The number of carbonyl (C=O) groups excluding carboxylic acids is 1. The molecule has 1 heterocycles. The van der Waals surface area contributed by atoms with Crippen LogP contribution in [0.25, 0.3) is 11.4 Å². The molecule has 0 spiro atoms. The van der Waals surface area contributed by atoms with Gasteiger partial charge in [-0.15, -0.1) is 4.68 Å². The molecule has 8 nitrogen and oxygen atoms in total. The monoisotopic (exact) mass is 558 g/mol.